The molecule has 1 radical (unpaired) electrons. The average Bonchev–Trinajstić information content (AvgIpc) is 2.58. The monoisotopic (exact) mass is 277 g/mol. The first kappa shape index (κ1) is 11.8. The second-order valence-corrected chi connectivity index (χ2v) is 5.73. The molecule has 22 heavy (non-hydrogen) atoms. The summed E-state index contributed by atoms with van der Waals surface area (Å²) in [5.74, 6) is 0. The van der Waals surface area contributed by atoms with Gasteiger partial charge in [-0.25, -0.2) is 0 Å². The van der Waals surface area contributed by atoms with Gasteiger partial charge in [-0.1, -0.05) is 78.9 Å². The molecule has 0 aromatic heterocycles. The van der Waals surface area contributed by atoms with E-state index < -0.39 is 0 Å². The van der Waals surface area contributed by atoms with Crippen molar-refractivity contribution in [1.29, 1.82) is 0 Å². The van der Waals surface area contributed by atoms with Crippen LogP contribution in [-0.2, 0) is 0 Å². The van der Waals surface area contributed by atoms with Crippen LogP contribution >= 0.6 is 0 Å². The molecular weight excluding hydrogens is 264 g/mol. The van der Waals surface area contributed by atoms with Crippen LogP contribution in [0.15, 0.2) is 78.9 Å². The molecule has 0 heterocycles. The Balaban J connectivity index is 1.75. The summed E-state index contributed by atoms with van der Waals surface area (Å²) in [6.07, 6.45) is 0. The fourth-order valence-corrected chi connectivity index (χ4v) is 3.44. The zero-order valence-electron chi connectivity index (χ0n) is 12.0. The summed E-state index contributed by atoms with van der Waals surface area (Å²) in [6.45, 7) is 0. The van der Waals surface area contributed by atoms with Crippen LogP contribution in [0.2, 0.25) is 0 Å². The molecule has 1 aliphatic carbocycles. The Morgan fingerprint density at radius 3 is 2.18 bits per heavy atom. The predicted octanol–water partition coefficient (Wildman–Crippen LogP) is 5.95. The first-order valence-corrected chi connectivity index (χ1v) is 7.56. The van der Waals surface area contributed by atoms with Crippen molar-refractivity contribution in [1.82, 2.24) is 0 Å². The molecule has 0 nitrogen and oxygen atoms in total. The summed E-state index contributed by atoms with van der Waals surface area (Å²) in [7, 11) is 0. The van der Waals surface area contributed by atoms with Gasteiger partial charge in [0.05, 0.1) is 0 Å². The van der Waals surface area contributed by atoms with E-state index in [0.717, 1.165) is 0 Å². The van der Waals surface area contributed by atoms with Crippen molar-refractivity contribution >= 4 is 10.8 Å². The summed E-state index contributed by atoms with van der Waals surface area (Å²) in [4.78, 5) is 0. The van der Waals surface area contributed by atoms with E-state index >= 15 is 0 Å². The van der Waals surface area contributed by atoms with Crippen LogP contribution in [0.3, 0.4) is 0 Å². The fraction of sp³-hybridized carbons (Fsp3) is 0. The molecule has 0 heteroatoms. The Morgan fingerprint density at radius 1 is 0.500 bits per heavy atom. The van der Waals surface area contributed by atoms with Gasteiger partial charge in [0, 0.05) is 0 Å². The van der Waals surface area contributed by atoms with Gasteiger partial charge in [0.1, 0.15) is 0 Å². The number of rotatable bonds is 1. The van der Waals surface area contributed by atoms with E-state index in [4.69, 9.17) is 0 Å². The van der Waals surface area contributed by atoms with Crippen LogP contribution in [0, 0.1) is 6.07 Å². The van der Waals surface area contributed by atoms with Crippen molar-refractivity contribution in [3.05, 3.63) is 84.9 Å². The Bertz CT molecular complexity index is 1020. The first-order chi connectivity index (χ1) is 10.9. The average molecular weight is 277 g/mol. The Kier molecular flexibility index (Phi) is 2.31. The van der Waals surface area contributed by atoms with Crippen LogP contribution in [-0.4, -0.2) is 0 Å². The van der Waals surface area contributed by atoms with Crippen molar-refractivity contribution < 1.29 is 0 Å². The summed E-state index contributed by atoms with van der Waals surface area (Å²) in [5, 5.41) is 2.41. The second kappa shape index (κ2) is 4.32. The van der Waals surface area contributed by atoms with E-state index in [1.54, 1.807) is 0 Å². The smallest absolute Gasteiger partial charge is 0.00141 e. The Labute approximate surface area is 129 Å². The topological polar surface area (TPSA) is 0 Å². The van der Waals surface area contributed by atoms with Gasteiger partial charge in [0.2, 0.25) is 0 Å². The normalized spacial score (nSPS) is 11.6. The lowest BCUT2D eigenvalue weighted by molar-refractivity contribution is 1.51. The maximum absolute atomic E-state index is 3.58. The third kappa shape index (κ3) is 1.52. The minimum absolute atomic E-state index is 1.17. The van der Waals surface area contributed by atoms with Crippen molar-refractivity contribution in [2.45, 2.75) is 0 Å². The van der Waals surface area contributed by atoms with Gasteiger partial charge in [-0.15, -0.1) is 0 Å². The molecule has 0 spiro atoms. The lowest BCUT2D eigenvalue weighted by Crippen LogP contribution is -2.00. The largest absolute Gasteiger partial charge is 0.0616 e. The minimum atomic E-state index is 1.17. The van der Waals surface area contributed by atoms with Crippen molar-refractivity contribution in [2.24, 2.45) is 0 Å². The maximum Gasteiger partial charge on any atom is -0.00141 e. The third-order valence-electron chi connectivity index (χ3n) is 4.50. The van der Waals surface area contributed by atoms with Crippen LogP contribution in [0.1, 0.15) is 0 Å². The van der Waals surface area contributed by atoms with Gasteiger partial charge in [-0.3, -0.25) is 0 Å². The summed E-state index contributed by atoms with van der Waals surface area (Å²) in [6, 6.07) is 31.5. The SMILES string of the molecule is [c]1c(-c2cccc3c2-c2ccccc2-3)ccc2ccccc12. The Hall–Kier alpha value is -2.86. The van der Waals surface area contributed by atoms with Gasteiger partial charge < -0.3 is 0 Å². The first-order valence-electron chi connectivity index (χ1n) is 7.56. The Morgan fingerprint density at radius 2 is 1.23 bits per heavy atom. The fourth-order valence-electron chi connectivity index (χ4n) is 3.44. The number of hydrogen-bond acceptors (Lipinski definition) is 0. The summed E-state index contributed by atoms with van der Waals surface area (Å²) < 4.78 is 0. The molecular formula is C22H13. The van der Waals surface area contributed by atoms with Crippen molar-refractivity contribution in [3.63, 3.8) is 0 Å². The van der Waals surface area contributed by atoms with Crippen LogP contribution in [0.5, 0.6) is 0 Å². The quantitative estimate of drug-likeness (QED) is 0.355. The molecule has 0 saturated heterocycles. The van der Waals surface area contributed by atoms with Gasteiger partial charge in [0.25, 0.3) is 0 Å². The van der Waals surface area contributed by atoms with E-state index in [1.165, 1.54) is 44.2 Å². The van der Waals surface area contributed by atoms with E-state index in [1.807, 2.05) is 0 Å². The van der Waals surface area contributed by atoms with E-state index in [9.17, 15) is 0 Å². The zero-order chi connectivity index (χ0) is 14.5. The molecule has 0 fully saturated rings. The van der Waals surface area contributed by atoms with Crippen molar-refractivity contribution in [3.8, 4) is 33.4 Å². The second-order valence-electron chi connectivity index (χ2n) is 5.73. The van der Waals surface area contributed by atoms with Gasteiger partial charge in [-0.2, -0.15) is 0 Å². The predicted molar refractivity (Wildman–Crippen MR) is 92.7 cm³/mol. The summed E-state index contributed by atoms with van der Waals surface area (Å²) >= 11 is 0. The van der Waals surface area contributed by atoms with E-state index in [2.05, 4.69) is 84.9 Å². The molecule has 1 aliphatic rings. The highest BCUT2D eigenvalue weighted by molar-refractivity contribution is 6.09. The van der Waals surface area contributed by atoms with Gasteiger partial charge in [-0.05, 0) is 50.2 Å². The molecule has 101 valence electrons. The molecule has 0 unspecified atom stereocenters. The molecule has 4 aromatic carbocycles. The molecule has 0 atom stereocenters. The highest BCUT2D eigenvalue weighted by atomic mass is 14.3. The zero-order valence-corrected chi connectivity index (χ0v) is 12.0. The number of fused-ring (bicyclic) bond motifs is 5. The lowest BCUT2D eigenvalue weighted by atomic mass is 9.76. The molecule has 4 aromatic rings. The maximum atomic E-state index is 3.58. The van der Waals surface area contributed by atoms with Crippen molar-refractivity contribution in [2.75, 3.05) is 0 Å². The number of hydrogen-bond donors (Lipinski definition) is 0. The van der Waals surface area contributed by atoms with E-state index in [-0.39, 0.29) is 0 Å². The van der Waals surface area contributed by atoms with Crippen LogP contribution in [0.25, 0.3) is 44.2 Å². The highest BCUT2D eigenvalue weighted by Gasteiger charge is 2.24. The van der Waals surface area contributed by atoms with E-state index in [0.29, 0.717) is 0 Å². The standard InChI is InChI=1S/C22H13/c1-2-7-16-14-17(13-12-15(16)6-1)18-10-5-11-21-19-8-3-4-9-20(19)22(18)21/h1-13H. The molecule has 5 rings (SSSR count). The highest BCUT2D eigenvalue weighted by Crippen LogP contribution is 2.51. The molecule has 0 N–H and O–H groups in total. The lowest BCUT2D eigenvalue weighted by Gasteiger charge is -2.26. The third-order valence-corrected chi connectivity index (χ3v) is 4.50. The molecule has 0 saturated carbocycles. The number of benzene rings is 4. The van der Waals surface area contributed by atoms with Crippen LogP contribution in [0.4, 0.5) is 0 Å². The van der Waals surface area contributed by atoms with Crippen LogP contribution < -0.4 is 0 Å². The molecule has 0 amide bonds. The molecule has 0 bridgehead atoms. The van der Waals surface area contributed by atoms with Gasteiger partial charge in [0.15, 0.2) is 0 Å². The summed E-state index contributed by atoms with van der Waals surface area (Å²) in [5.41, 5.74) is 7.89. The molecule has 0 aliphatic heterocycles. The van der Waals surface area contributed by atoms with Gasteiger partial charge >= 0.3 is 0 Å². The minimum Gasteiger partial charge on any atom is -0.0616 e.